The highest BCUT2D eigenvalue weighted by atomic mass is 35.5. The lowest BCUT2D eigenvalue weighted by atomic mass is 10.1. The first-order chi connectivity index (χ1) is 9.17. The number of nitrogens with zero attached hydrogens (tertiary/aromatic N) is 2. The Morgan fingerprint density at radius 1 is 1.47 bits per heavy atom. The van der Waals surface area contributed by atoms with Crippen LogP contribution in [0.25, 0.3) is 0 Å². The normalized spacial score (nSPS) is 12.6. The van der Waals surface area contributed by atoms with Gasteiger partial charge in [-0.1, -0.05) is 24.6 Å². The molecule has 1 heterocycles. The van der Waals surface area contributed by atoms with Gasteiger partial charge in [0.25, 0.3) is 0 Å². The highest BCUT2D eigenvalue weighted by Gasteiger charge is 2.18. The molecule has 1 aromatic heterocycles. The summed E-state index contributed by atoms with van der Waals surface area (Å²) in [4.78, 5) is 4.38. The van der Waals surface area contributed by atoms with Crippen LogP contribution in [0.5, 0.6) is 0 Å². The smallest absolute Gasteiger partial charge is 0.142 e. The summed E-state index contributed by atoms with van der Waals surface area (Å²) >= 11 is 5.72. The maximum atomic E-state index is 13.6. The Labute approximate surface area is 117 Å². The van der Waals surface area contributed by atoms with E-state index in [2.05, 4.69) is 21.8 Å². The van der Waals surface area contributed by atoms with Gasteiger partial charge in [-0.3, -0.25) is 0 Å². The summed E-state index contributed by atoms with van der Waals surface area (Å²) in [5, 5.41) is 3.31. The lowest BCUT2D eigenvalue weighted by Gasteiger charge is -2.18. The number of aryl methyl sites for hydroxylation is 1. The van der Waals surface area contributed by atoms with Crippen molar-refractivity contribution in [2.24, 2.45) is 0 Å². The predicted molar refractivity (Wildman–Crippen MR) is 74.8 cm³/mol. The molecule has 5 heteroatoms. The van der Waals surface area contributed by atoms with E-state index in [9.17, 15) is 4.39 Å². The number of hydrogen-bond donors (Lipinski definition) is 1. The van der Waals surface area contributed by atoms with Gasteiger partial charge in [0, 0.05) is 18.9 Å². The number of rotatable bonds is 5. The molecule has 102 valence electrons. The molecule has 3 nitrogen and oxygen atoms in total. The van der Waals surface area contributed by atoms with Crippen LogP contribution < -0.4 is 5.32 Å². The van der Waals surface area contributed by atoms with Crippen molar-refractivity contribution in [2.45, 2.75) is 25.9 Å². The highest BCUT2D eigenvalue weighted by Crippen LogP contribution is 2.24. The molecule has 0 amide bonds. The van der Waals surface area contributed by atoms with E-state index in [4.69, 9.17) is 11.6 Å². The highest BCUT2D eigenvalue weighted by molar-refractivity contribution is 6.30. The summed E-state index contributed by atoms with van der Waals surface area (Å²) in [6.07, 6.45) is 4.73. The number of benzene rings is 1. The Bertz CT molecular complexity index is 553. The molecule has 0 saturated carbocycles. The molecule has 0 aliphatic rings. The fourth-order valence-corrected chi connectivity index (χ4v) is 2.27. The van der Waals surface area contributed by atoms with Crippen molar-refractivity contribution in [2.75, 3.05) is 7.05 Å². The van der Waals surface area contributed by atoms with Gasteiger partial charge in [-0.15, -0.1) is 0 Å². The molecule has 0 spiro atoms. The maximum absolute atomic E-state index is 13.6. The summed E-state index contributed by atoms with van der Waals surface area (Å²) in [5.41, 5.74) is 0.813. The third-order valence-corrected chi connectivity index (χ3v) is 3.34. The van der Waals surface area contributed by atoms with Gasteiger partial charge in [-0.05, 0) is 31.2 Å². The Morgan fingerprint density at radius 3 is 2.89 bits per heavy atom. The van der Waals surface area contributed by atoms with Crippen LogP contribution in [0.4, 0.5) is 4.39 Å². The largest absolute Gasteiger partial charge is 0.333 e. The molecule has 0 saturated heterocycles. The molecule has 0 aliphatic heterocycles. The van der Waals surface area contributed by atoms with Gasteiger partial charge in [0.05, 0.1) is 11.1 Å². The molecule has 0 aliphatic carbocycles. The molecule has 0 bridgehead atoms. The minimum atomic E-state index is -0.409. The maximum Gasteiger partial charge on any atom is 0.142 e. The molecule has 1 atom stereocenters. The number of nitrogens with one attached hydrogen (secondary N) is 1. The van der Waals surface area contributed by atoms with E-state index in [-0.39, 0.29) is 11.1 Å². The van der Waals surface area contributed by atoms with Gasteiger partial charge in [-0.25, -0.2) is 9.37 Å². The standard InChI is InChI=1S/C14H17ClFN3/c1-3-7-19-8-6-18-14(19)13(17-2)10-4-5-11(15)12(16)9-10/h4-6,8-9,13,17H,3,7H2,1-2H3. The van der Waals surface area contributed by atoms with Crippen LogP contribution >= 0.6 is 11.6 Å². The summed E-state index contributed by atoms with van der Waals surface area (Å²) < 4.78 is 15.7. The molecule has 1 N–H and O–H groups in total. The fraction of sp³-hybridized carbons (Fsp3) is 0.357. The molecular weight excluding hydrogens is 265 g/mol. The topological polar surface area (TPSA) is 29.9 Å². The van der Waals surface area contributed by atoms with Gasteiger partial charge < -0.3 is 9.88 Å². The first-order valence-electron chi connectivity index (χ1n) is 6.30. The van der Waals surface area contributed by atoms with Gasteiger partial charge in [0.15, 0.2) is 0 Å². The zero-order valence-corrected chi connectivity index (χ0v) is 11.8. The molecular formula is C14H17ClFN3. The lowest BCUT2D eigenvalue weighted by molar-refractivity contribution is 0.562. The minimum absolute atomic E-state index is 0.135. The monoisotopic (exact) mass is 281 g/mol. The lowest BCUT2D eigenvalue weighted by Crippen LogP contribution is -2.22. The summed E-state index contributed by atoms with van der Waals surface area (Å²) in [6.45, 7) is 3.00. The second-order valence-electron chi connectivity index (χ2n) is 4.37. The SMILES string of the molecule is CCCn1ccnc1C(NC)c1ccc(Cl)c(F)c1. The average molecular weight is 282 g/mol. The first-order valence-corrected chi connectivity index (χ1v) is 6.68. The number of imidazole rings is 1. The number of hydrogen-bond acceptors (Lipinski definition) is 2. The molecule has 19 heavy (non-hydrogen) atoms. The van der Waals surface area contributed by atoms with E-state index < -0.39 is 5.82 Å². The molecule has 0 radical (unpaired) electrons. The Balaban J connectivity index is 2.38. The Morgan fingerprint density at radius 2 is 2.26 bits per heavy atom. The van der Waals surface area contributed by atoms with Crippen molar-refractivity contribution >= 4 is 11.6 Å². The quantitative estimate of drug-likeness (QED) is 0.910. The van der Waals surface area contributed by atoms with E-state index in [1.54, 1.807) is 12.3 Å². The Kier molecular flexibility index (Phi) is 4.56. The van der Waals surface area contributed by atoms with E-state index in [1.807, 2.05) is 19.3 Å². The molecule has 1 aromatic carbocycles. The van der Waals surface area contributed by atoms with Crippen LogP contribution in [0, 0.1) is 5.82 Å². The third kappa shape index (κ3) is 2.96. The van der Waals surface area contributed by atoms with Gasteiger partial charge >= 0.3 is 0 Å². The van der Waals surface area contributed by atoms with E-state index in [0.717, 1.165) is 24.4 Å². The Hall–Kier alpha value is -1.39. The fourth-order valence-electron chi connectivity index (χ4n) is 2.15. The van der Waals surface area contributed by atoms with Gasteiger partial charge in [-0.2, -0.15) is 0 Å². The van der Waals surface area contributed by atoms with Crippen molar-refractivity contribution in [3.05, 3.63) is 52.8 Å². The van der Waals surface area contributed by atoms with Crippen molar-refractivity contribution < 1.29 is 4.39 Å². The zero-order chi connectivity index (χ0) is 13.8. The molecule has 2 aromatic rings. The van der Waals surface area contributed by atoms with Crippen LogP contribution in [0.15, 0.2) is 30.6 Å². The summed E-state index contributed by atoms with van der Waals surface area (Å²) in [6, 6.07) is 4.70. The molecule has 2 rings (SSSR count). The minimum Gasteiger partial charge on any atom is -0.333 e. The van der Waals surface area contributed by atoms with Crippen molar-refractivity contribution in [3.63, 3.8) is 0 Å². The molecule has 0 fully saturated rings. The summed E-state index contributed by atoms with van der Waals surface area (Å²) in [5.74, 6) is 0.471. The van der Waals surface area contributed by atoms with E-state index >= 15 is 0 Å². The van der Waals surface area contributed by atoms with Gasteiger partial charge in [0.2, 0.25) is 0 Å². The van der Waals surface area contributed by atoms with Crippen molar-refractivity contribution in [3.8, 4) is 0 Å². The van der Waals surface area contributed by atoms with Crippen LogP contribution in [-0.2, 0) is 6.54 Å². The van der Waals surface area contributed by atoms with E-state index in [1.165, 1.54) is 6.07 Å². The molecule has 1 unspecified atom stereocenters. The second kappa shape index (κ2) is 6.17. The van der Waals surface area contributed by atoms with E-state index in [0.29, 0.717) is 0 Å². The first kappa shape index (κ1) is 14.0. The second-order valence-corrected chi connectivity index (χ2v) is 4.78. The van der Waals surface area contributed by atoms with Gasteiger partial charge in [0.1, 0.15) is 11.6 Å². The zero-order valence-electron chi connectivity index (χ0n) is 11.0. The van der Waals surface area contributed by atoms with Crippen LogP contribution in [-0.4, -0.2) is 16.6 Å². The van der Waals surface area contributed by atoms with Crippen LogP contribution in [0.2, 0.25) is 5.02 Å². The van der Waals surface area contributed by atoms with Crippen LogP contribution in [0.3, 0.4) is 0 Å². The number of halogens is 2. The van der Waals surface area contributed by atoms with Crippen LogP contribution in [0.1, 0.15) is 30.8 Å². The van der Waals surface area contributed by atoms with Crippen molar-refractivity contribution in [1.29, 1.82) is 0 Å². The van der Waals surface area contributed by atoms with Crippen molar-refractivity contribution in [1.82, 2.24) is 14.9 Å². The third-order valence-electron chi connectivity index (χ3n) is 3.04. The average Bonchev–Trinajstić information content (AvgIpc) is 2.83. The predicted octanol–water partition coefficient (Wildman–Crippen LogP) is 3.39. The summed E-state index contributed by atoms with van der Waals surface area (Å²) in [7, 11) is 1.84. The number of aromatic nitrogens is 2.